The second kappa shape index (κ2) is 7.68. The van der Waals surface area contributed by atoms with Crippen molar-refractivity contribution in [1.29, 1.82) is 0 Å². The summed E-state index contributed by atoms with van der Waals surface area (Å²) in [5.41, 5.74) is 1.51. The Bertz CT molecular complexity index is 186. The molecule has 0 nitrogen and oxygen atoms in total. The van der Waals surface area contributed by atoms with E-state index in [1.807, 2.05) is 0 Å². The van der Waals surface area contributed by atoms with Crippen LogP contribution in [0.1, 0.15) is 18.9 Å². The molecule has 0 saturated carbocycles. The fraction of sp³-hybridized carbons (Fsp3) is 0.400. The van der Waals surface area contributed by atoms with Gasteiger partial charge in [0.1, 0.15) is 0 Å². The molecule has 0 unspecified atom stereocenters. The third-order valence-corrected chi connectivity index (χ3v) is 3.46. The van der Waals surface area contributed by atoms with E-state index in [-0.39, 0.29) is 12.4 Å². The fourth-order valence-electron chi connectivity index (χ4n) is 1.09. The Kier molecular flexibility index (Phi) is 7.71. The molecule has 0 saturated heterocycles. The van der Waals surface area contributed by atoms with E-state index >= 15 is 0 Å². The Morgan fingerprint density at radius 2 is 1.83 bits per heavy atom. The zero-order valence-corrected chi connectivity index (χ0v) is 9.46. The summed E-state index contributed by atoms with van der Waals surface area (Å²) in [6.07, 6.45) is 1.35. The van der Waals surface area contributed by atoms with E-state index in [1.54, 1.807) is 0 Å². The van der Waals surface area contributed by atoms with Crippen LogP contribution < -0.4 is 0 Å². The van der Waals surface area contributed by atoms with Crippen molar-refractivity contribution in [2.24, 2.45) is 0 Å². The molecule has 0 atom stereocenters. The average Bonchev–Trinajstić information content (AvgIpc) is 2.07. The Morgan fingerprint density at radius 3 is 2.42 bits per heavy atom. The molecule has 2 heteroatoms. The molecule has 0 aliphatic carbocycles. The highest BCUT2D eigenvalue weighted by Gasteiger charge is 1.92. The van der Waals surface area contributed by atoms with Crippen molar-refractivity contribution in [3.05, 3.63) is 35.9 Å². The largest absolute Gasteiger partial charge is 0.207 e. The highest BCUT2D eigenvalue weighted by molar-refractivity contribution is 6.34. The third-order valence-electron chi connectivity index (χ3n) is 1.72. The first kappa shape index (κ1) is 12.0. The van der Waals surface area contributed by atoms with Gasteiger partial charge in [-0.25, -0.2) is 0 Å². The van der Waals surface area contributed by atoms with Gasteiger partial charge in [0, 0.05) is 0 Å². The summed E-state index contributed by atoms with van der Waals surface area (Å²) in [7, 11) is 0. The van der Waals surface area contributed by atoms with Gasteiger partial charge in [-0.2, -0.15) is 0 Å². The highest BCUT2D eigenvalue weighted by Crippen LogP contribution is 1.99. The Hall–Kier alpha value is 0.0425. The maximum absolute atomic E-state index is 2.26. The van der Waals surface area contributed by atoms with Crippen LogP contribution in [0.25, 0.3) is 0 Å². The van der Waals surface area contributed by atoms with E-state index in [4.69, 9.17) is 0 Å². The Balaban J connectivity index is 0.00000121. The summed E-state index contributed by atoms with van der Waals surface area (Å²) >= 11 is 0.661. The van der Waals surface area contributed by atoms with Crippen molar-refractivity contribution < 1.29 is 0 Å². The summed E-state index contributed by atoms with van der Waals surface area (Å²) in [5, 5.41) is 2.77. The summed E-state index contributed by atoms with van der Waals surface area (Å²) in [4.78, 5) is 0. The SMILES string of the molecule is CC[CH2][Al][CH2]c1ccccc1.Cl. The minimum atomic E-state index is 0. The smallest absolute Gasteiger partial charge is 0.147 e. The molecule has 1 aromatic carbocycles. The van der Waals surface area contributed by atoms with E-state index in [0.29, 0.717) is 15.2 Å². The first-order chi connectivity index (χ1) is 5.43. The molecule has 1 rings (SSSR count). The number of hydrogen-bond donors (Lipinski definition) is 0. The van der Waals surface area contributed by atoms with Crippen LogP contribution in [0.2, 0.25) is 5.28 Å². The molecule has 1 aromatic rings. The molecule has 0 bridgehead atoms. The minimum absolute atomic E-state index is 0. The molecule has 1 radical (unpaired) electrons. The summed E-state index contributed by atoms with van der Waals surface area (Å²) in [5.74, 6) is 0. The van der Waals surface area contributed by atoms with Crippen LogP contribution in [0.4, 0.5) is 0 Å². The zero-order chi connectivity index (χ0) is 7.94. The van der Waals surface area contributed by atoms with Gasteiger partial charge in [-0.15, -0.1) is 17.7 Å². The van der Waals surface area contributed by atoms with Crippen LogP contribution in [0.3, 0.4) is 0 Å². The van der Waals surface area contributed by atoms with Crippen LogP contribution in [0, 0.1) is 0 Å². The first-order valence-electron chi connectivity index (χ1n) is 4.29. The average molecular weight is 198 g/mol. The van der Waals surface area contributed by atoms with Gasteiger partial charge in [0.25, 0.3) is 0 Å². The van der Waals surface area contributed by atoms with Gasteiger partial charge in [-0.1, -0.05) is 54.5 Å². The second-order valence-electron chi connectivity index (χ2n) is 2.77. The maximum Gasteiger partial charge on any atom is 0.207 e. The molecule has 0 aromatic heterocycles. The van der Waals surface area contributed by atoms with Gasteiger partial charge < -0.3 is 0 Å². The van der Waals surface area contributed by atoms with Gasteiger partial charge >= 0.3 is 0 Å². The van der Waals surface area contributed by atoms with Crippen molar-refractivity contribution in [3.63, 3.8) is 0 Å². The second-order valence-corrected chi connectivity index (χ2v) is 4.33. The van der Waals surface area contributed by atoms with Crippen LogP contribution in [-0.2, 0) is 5.28 Å². The van der Waals surface area contributed by atoms with E-state index in [1.165, 1.54) is 22.5 Å². The van der Waals surface area contributed by atoms with Crippen molar-refractivity contribution in [1.82, 2.24) is 0 Å². The Morgan fingerprint density at radius 1 is 1.17 bits per heavy atom. The molecule has 65 valence electrons. The first-order valence-corrected chi connectivity index (χ1v) is 5.92. The number of hydrogen-bond acceptors (Lipinski definition) is 0. The molecular formula is C10H15AlCl. The molecular weight excluding hydrogens is 183 g/mol. The predicted octanol–water partition coefficient (Wildman–Crippen LogP) is 3.14. The molecule has 0 amide bonds. The van der Waals surface area contributed by atoms with E-state index in [0.717, 1.165) is 0 Å². The molecule has 0 aliphatic rings. The summed E-state index contributed by atoms with van der Waals surface area (Å²) in [6.45, 7) is 2.26. The van der Waals surface area contributed by atoms with Gasteiger partial charge in [0.2, 0.25) is 15.2 Å². The topological polar surface area (TPSA) is 0 Å². The molecule has 0 aliphatic heterocycles. The monoisotopic (exact) mass is 197 g/mol. The summed E-state index contributed by atoms with van der Waals surface area (Å²) < 4.78 is 0. The van der Waals surface area contributed by atoms with Crippen LogP contribution in [-0.4, -0.2) is 15.2 Å². The van der Waals surface area contributed by atoms with E-state index in [2.05, 4.69) is 37.3 Å². The lowest BCUT2D eigenvalue weighted by Gasteiger charge is -1.96. The zero-order valence-electron chi connectivity index (χ0n) is 7.49. The minimum Gasteiger partial charge on any atom is -0.147 e. The van der Waals surface area contributed by atoms with Crippen molar-refractivity contribution in [2.75, 3.05) is 0 Å². The van der Waals surface area contributed by atoms with Crippen LogP contribution in [0.5, 0.6) is 0 Å². The van der Waals surface area contributed by atoms with Crippen LogP contribution >= 0.6 is 12.4 Å². The van der Waals surface area contributed by atoms with Gasteiger partial charge in [0.05, 0.1) is 0 Å². The molecule has 0 spiro atoms. The van der Waals surface area contributed by atoms with E-state index < -0.39 is 0 Å². The standard InChI is InChI=1S/C7H7.C3H7.Al.ClH/c1-7-5-3-2-4-6-7;1-3-2;;/h2-6H,1H2;1,3H2,2H3;;1H. The van der Waals surface area contributed by atoms with Gasteiger partial charge in [0.15, 0.2) is 0 Å². The summed E-state index contributed by atoms with van der Waals surface area (Å²) in [6, 6.07) is 10.8. The third kappa shape index (κ3) is 4.83. The fourth-order valence-corrected chi connectivity index (χ4v) is 2.30. The van der Waals surface area contributed by atoms with Crippen LogP contribution in [0.15, 0.2) is 30.3 Å². The lowest BCUT2D eigenvalue weighted by Crippen LogP contribution is -1.94. The van der Waals surface area contributed by atoms with Crippen molar-refractivity contribution >= 4 is 27.6 Å². The lowest BCUT2D eigenvalue weighted by atomic mass is 10.2. The molecule has 0 heterocycles. The molecule has 0 fully saturated rings. The van der Waals surface area contributed by atoms with Crippen molar-refractivity contribution in [3.8, 4) is 0 Å². The highest BCUT2D eigenvalue weighted by atomic mass is 35.5. The predicted molar refractivity (Wildman–Crippen MR) is 58.2 cm³/mol. The van der Waals surface area contributed by atoms with Gasteiger partial charge in [-0.3, -0.25) is 0 Å². The Labute approximate surface area is 87.5 Å². The molecule has 0 N–H and O–H groups in total. The van der Waals surface area contributed by atoms with Gasteiger partial charge in [-0.05, 0) is 0 Å². The normalized spacial score (nSPS) is 8.75. The number of rotatable bonds is 4. The maximum atomic E-state index is 2.26. The quantitative estimate of drug-likeness (QED) is 0.514. The lowest BCUT2D eigenvalue weighted by molar-refractivity contribution is 1.06. The van der Waals surface area contributed by atoms with E-state index in [9.17, 15) is 0 Å². The van der Waals surface area contributed by atoms with Crippen molar-refractivity contribution in [2.45, 2.75) is 23.9 Å². The number of halogens is 1. The number of benzene rings is 1. The molecule has 12 heavy (non-hydrogen) atoms.